The standard InChI is InChI=1S/C13H16N2O8S/c14-7-3-8(16)10-12(18)5-1-2-9(23-24(20,21)22)11(17)6(5)4-15(10)13(7)19/h1-2,7-8,10,12,16-18H,3-4,14H2,(H,20,21,22)/t7-,8+,10-,12-/m1/s1. The van der Waals surface area contributed by atoms with Crippen molar-refractivity contribution in [2.24, 2.45) is 5.73 Å². The van der Waals surface area contributed by atoms with Gasteiger partial charge >= 0.3 is 10.4 Å². The first kappa shape index (κ1) is 16.9. The van der Waals surface area contributed by atoms with Crippen LogP contribution in [-0.2, 0) is 21.7 Å². The molecular weight excluding hydrogens is 344 g/mol. The number of rotatable bonds is 2. The quantitative estimate of drug-likeness (QED) is 0.390. The minimum absolute atomic E-state index is 0.00231. The summed E-state index contributed by atoms with van der Waals surface area (Å²) in [5, 5.41) is 30.8. The molecule has 0 unspecified atom stereocenters. The fourth-order valence-electron chi connectivity index (χ4n) is 3.24. The van der Waals surface area contributed by atoms with Gasteiger partial charge in [-0.1, -0.05) is 6.07 Å². The van der Waals surface area contributed by atoms with E-state index in [-0.39, 0.29) is 24.1 Å². The normalized spacial score (nSPS) is 29.8. The fourth-order valence-corrected chi connectivity index (χ4v) is 3.60. The summed E-state index contributed by atoms with van der Waals surface area (Å²) < 4.78 is 34.6. The van der Waals surface area contributed by atoms with Crippen molar-refractivity contribution in [1.82, 2.24) is 4.90 Å². The van der Waals surface area contributed by atoms with Gasteiger partial charge in [-0.2, -0.15) is 8.42 Å². The van der Waals surface area contributed by atoms with Crippen LogP contribution in [0, 0.1) is 0 Å². The molecule has 1 saturated heterocycles. The van der Waals surface area contributed by atoms with Crippen molar-refractivity contribution in [3.8, 4) is 11.5 Å². The van der Waals surface area contributed by atoms with E-state index in [1.165, 1.54) is 6.07 Å². The van der Waals surface area contributed by atoms with Gasteiger partial charge in [-0.25, -0.2) is 0 Å². The number of carbonyl (C=O) groups is 1. The average Bonchev–Trinajstić information content (AvgIpc) is 2.46. The Kier molecular flexibility index (Phi) is 3.92. The zero-order valence-corrected chi connectivity index (χ0v) is 13.0. The van der Waals surface area contributed by atoms with E-state index in [0.717, 1.165) is 11.0 Å². The summed E-state index contributed by atoms with van der Waals surface area (Å²) in [6.07, 6.45) is -2.34. The molecule has 2 aliphatic rings. The predicted octanol–water partition coefficient (Wildman–Crippen LogP) is -1.59. The number of fused-ring (bicyclic) bond motifs is 2. The minimum Gasteiger partial charge on any atom is -0.504 e. The van der Waals surface area contributed by atoms with Crippen LogP contribution in [0.3, 0.4) is 0 Å². The Balaban J connectivity index is 2.06. The molecule has 2 aliphatic heterocycles. The van der Waals surface area contributed by atoms with Crippen molar-refractivity contribution in [3.63, 3.8) is 0 Å². The van der Waals surface area contributed by atoms with E-state index in [4.69, 9.17) is 10.3 Å². The van der Waals surface area contributed by atoms with Gasteiger partial charge in [-0.05, 0) is 18.1 Å². The lowest BCUT2D eigenvalue weighted by Gasteiger charge is -2.47. The van der Waals surface area contributed by atoms with Gasteiger partial charge in [0.15, 0.2) is 11.5 Å². The number of hydrogen-bond acceptors (Lipinski definition) is 8. The Bertz CT molecular complexity index is 795. The van der Waals surface area contributed by atoms with Gasteiger partial charge in [0.05, 0.1) is 24.7 Å². The second-order valence-corrected chi connectivity index (χ2v) is 6.82. The molecule has 0 aromatic heterocycles. The molecule has 132 valence electrons. The summed E-state index contributed by atoms with van der Waals surface area (Å²) >= 11 is 0. The molecule has 10 nitrogen and oxygen atoms in total. The van der Waals surface area contributed by atoms with E-state index in [1.54, 1.807) is 0 Å². The van der Waals surface area contributed by atoms with Crippen LogP contribution < -0.4 is 9.92 Å². The summed E-state index contributed by atoms with van der Waals surface area (Å²) in [5.41, 5.74) is 5.93. The molecule has 3 rings (SSSR count). The van der Waals surface area contributed by atoms with Gasteiger partial charge in [-0.3, -0.25) is 9.35 Å². The Morgan fingerprint density at radius 2 is 1.96 bits per heavy atom. The van der Waals surface area contributed by atoms with E-state index >= 15 is 0 Å². The third kappa shape index (κ3) is 2.70. The second-order valence-electron chi connectivity index (χ2n) is 5.80. The number of phenolic OH excluding ortho intramolecular Hbond substituents is 1. The largest absolute Gasteiger partial charge is 0.504 e. The van der Waals surface area contributed by atoms with Gasteiger partial charge in [0.25, 0.3) is 0 Å². The maximum absolute atomic E-state index is 12.2. The number of nitrogens with zero attached hydrogens (tertiary/aromatic N) is 1. The number of nitrogens with two attached hydrogens (primary N) is 1. The Morgan fingerprint density at radius 3 is 2.58 bits per heavy atom. The molecule has 0 spiro atoms. The number of benzene rings is 1. The maximum Gasteiger partial charge on any atom is 0.446 e. The molecular formula is C13H16N2O8S. The van der Waals surface area contributed by atoms with Crippen molar-refractivity contribution in [1.29, 1.82) is 0 Å². The summed E-state index contributed by atoms with van der Waals surface area (Å²) in [6, 6.07) is 0.495. The van der Waals surface area contributed by atoms with Crippen molar-refractivity contribution in [3.05, 3.63) is 23.3 Å². The van der Waals surface area contributed by atoms with Gasteiger partial charge in [0, 0.05) is 5.56 Å². The van der Waals surface area contributed by atoms with Crippen LogP contribution in [-0.4, -0.2) is 57.3 Å². The highest BCUT2D eigenvalue weighted by Crippen LogP contribution is 2.43. The summed E-state index contributed by atoms with van der Waals surface area (Å²) in [7, 11) is -4.85. The highest BCUT2D eigenvalue weighted by atomic mass is 32.3. The number of aromatic hydroxyl groups is 1. The summed E-state index contributed by atoms with van der Waals surface area (Å²) in [6.45, 7) is -0.199. The molecule has 0 aliphatic carbocycles. The van der Waals surface area contributed by atoms with Crippen molar-refractivity contribution in [2.45, 2.75) is 37.3 Å². The van der Waals surface area contributed by atoms with E-state index in [0.29, 0.717) is 0 Å². The predicted molar refractivity (Wildman–Crippen MR) is 78.2 cm³/mol. The molecule has 0 radical (unpaired) electrons. The molecule has 0 bridgehead atoms. The van der Waals surface area contributed by atoms with E-state index in [9.17, 15) is 28.5 Å². The lowest BCUT2D eigenvalue weighted by atomic mass is 9.82. The van der Waals surface area contributed by atoms with E-state index in [2.05, 4.69) is 4.18 Å². The van der Waals surface area contributed by atoms with Crippen molar-refractivity contribution < 1.29 is 37.3 Å². The first-order valence-corrected chi connectivity index (χ1v) is 8.40. The van der Waals surface area contributed by atoms with Crippen LogP contribution in [0.1, 0.15) is 23.7 Å². The second kappa shape index (κ2) is 5.57. The molecule has 0 saturated carbocycles. The first-order valence-electron chi connectivity index (χ1n) is 7.04. The third-order valence-corrected chi connectivity index (χ3v) is 4.69. The molecule has 6 N–H and O–H groups in total. The Labute approximate surface area is 137 Å². The zero-order chi connectivity index (χ0) is 17.8. The molecule has 1 aromatic rings. The zero-order valence-electron chi connectivity index (χ0n) is 12.2. The number of carbonyl (C=O) groups excluding carboxylic acids is 1. The maximum atomic E-state index is 12.2. The lowest BCUT2D eigenvalue weighted by Crippen LogP contribution is -2.62. The topological polar surface area (TPSA) is 171 Å². The van der Waals surface area contributed by atoms with E-state index in [1.807, 2.05) is 0 Å². The molecule has 4 atom stereocenters. The van der Waals surface area contributed by atoms with E-state index < -0.39 is 52.1 Å². The van der Waals surface area contributed by atoms with Crippen LogP contribution in [0.15, 0.2) is 12.1 Å². The van der Waals surface area contributed by atoms with Crippen LogP contribution in [0.25, 0.3) is 0 Å². The van der Waals surface area contributed by atoms with Crippen LogP contribution in [0.4, 0.5) is 0 Å². The van der Waals surface area contributed by atoms with Crippen molar-refractivity contribution in [2.75, 3.05) is 0 Å². The number of hydrogen-bond donors (Lipinski definition) is 5. The summed E-state index contributed by atoms with van der Waals surface area (Å²) in [4.78, 5) is 13.4. The van der Waals surface area contributed by atoms with Crippen molar-refractivity contribution >= 4 is 16.3 Å². The highest BCUT2D eigenvalue weighted by Gasteiger charge is 2.47. The Hall–Kier alpha value is -1.92. The van der Waals surface area contributed by atoms with Gasteiger partial charge in [0.1, 0.15) is 6.10 Å². The average molecular weight is 360 g/mol. The molecule has 1 amide bonds. The number of phenols is 1. The molecule has 11 heteroatoms. The van der Waals surface area contributed by atoms with Gasteiger partial charge in [0.2, 0.25) is 5.91 Å². The first-order chi connectivity index (χ1) is 11.1. The Morgan fingerprint density at radius 1 is 1.29 bits per heavy atom. The van der Waals surface area contributed by atoms with Gasteiger partial charge < -0.3 is 30.1 Å². The number of aliphatic hydroxyl groups excluding tert-OH is 2. The minimum atomic E-state index is -4.85. The number of aliphatic hydroxyl groups is 2. The molecule has 1 aromatic carbocycles. The third-order valence-electron chi connectivity index (χ3n) is 4.30. The van der Waals surface area contributed by atoms with Crippen LogP contribution in [0.2, 0.25) is 0 Å². The smallest absolute Gasteiger partial charge is 0.446 e. The molecule has 2 heterocycles. The van der Waals surface area contributed by atoms with Crippen LogP contribution >= 0.6 is 0 Å². The SMILES string of the molecule is N[C@@H]1C[C@H](O)[C@@H]2[C@H](O)c3ccc(OS(=O)(=O)O)c(O)c3CN2C1=O. The highest BCUT2D eigenvalue weighted by molar-refractivity contribution is 7.81. The molecule has 24 heavy (non-hydrogen) atoms. The number of amides is 1. The number of piperidine rings is 1. The summed E-state index contributed by atoms with van der Waals surface area (Å²) in [5.74, 6) is -1.68. The van der Waals surface area contributed by atoms with Gasteiger partial charge in [-0.15, -0.1) is 0 Å². The molecule has 1 fully saturated rings. The lowest BCUT2D eigenvalue weighted by molar-refractivity contribution is -0.153. The fraction of sp³-hybridized carbons (Fsp3) is 0.462. The monoisotopic (exact) mass is 360 g/mol. The van der Waals surface area contributed by atoms with Crippen LogP contribution in [0.5, 0.6) is 11.5 Å².